The van der Waals surface area contributed by atoms with Gasteiger partial charge in [-0.1, -0.05) is 0 Å². The van der Waals surface area contributed by atoms with Crippen molar-refractivity contribution in [3.63, 3.8) is 0 Å². The minimum Gasteiger partial charge on any atom is -0.468 e. The van der Waals surface area contributed by atoms with E-state index in [4.69, 9.17) is 4.74 Å². The molecule has 0 aliphatic heterocycles. The Balaban J connectivity index is 2.25. The zero-order chi connectivity index (χ0) is 14.0. The molecule has 2 atom stereocenters. The summed E-state index contributed by atoms with van der Waals surface area (Å²) in [5.74, 6) is -0.166. The summed E-state index contributed by atoms with van der Waals surface area (Å²) in [6, 6.07) is 2.34. The molecule has 0 amide bonds. The first-order chi connectivity index (χ1) is 9.02. The van der Waals surface area contributed by atoms with E-state index in [0.717, 1.165) is 37.1 Å². The van der Waals surface area contributed by atoms with E-state index in [0.29, 0.717) is 0 Å². The summed E-state index contributed by atoms with van der Waals surface area (Å²) in [6.07, 6.45) is 3.62. The van der Waals surface area contributed by atoms with Crippen LogP contribution in [0.4, 0.5) is 0 Å². The maximum absolute atomic E-state index is 12.1. The highest BCUT2D eigenvalue weighted by molar-refractivity contribution is 5.80. The fourth-order valence-corrected chi connectivity index (χ4v) is 3.18. The lowest BCUT2D eigenvalue weighted by Crippen LogP contribution is -2.54. The summed E-state index contributed by atoms with van der Waals surface area (Å²) in [7, 11) is 3.29. The van der Waals surface area contributed by atoms with E-state index in [9.17, 15) is 4.79 Å². The lowest BCUT2D eigenvalue weighted by atomic mass is 9.79. The standard InChI is InChI=1S/C14H23N3O2/c1-10-8-11(2)17(16-10)12-6-5-7-14(9-12,15-3)13(18)19-4/h8,12,15H,5-7,9H2,1-4H3. The van der Waals surface area contributed by atoms with Gasteiger partial charge >= 0.3 is 5.97 Å². The average Bonchev–Trinajstić information content (AvgIpc) is 2.76. The molecule has 1 aromatic heterocycles. The zero-order valence-electron chi connectivity index (χ0n) is 12.2. The highest BCUT2D eigenvalue weighted by atomic mass is 16.5. The molecule has 0 bridgehead atoms. The van der Waals surface area contributed by atoms with Crippen LogP contribution in [0.5, 0.6) is 0 Å². The predicted molar refractivity (Wildman–Crippen MR) is 73.0 cm³/mol. The topological polar surface area (TPSA) is 56.1 Å². The third kappa shape index (κ3) is 2.52. The predicted octanol–water partition coefficient (Wildman–Crippen LogP) is 1.75. The molecule has 19 heavy (non-hydrogen) atoms. The van der Waals surface area contributed by atoms with E-state index < -0.39 is 5.54 Å². The third-order valence-electron chi connectivity index (χ3n) is 4.17. The van der Waals surface area contributed by atoms with E-state index in [-0.39, 0.29) is 12.0 Å². The minimum atomic E-state index is -0.566. The Morgan fingerprint density at radius 2 is 2.32 bits per heavy atom. The number of carbonyl (C=O) groups excluding carboxylic acids is 1. The molecular formula is C14H23N3O2. The van der Waals surface area contributed by atoms with Gasteiger partial charge < -0.3 is 10.1 Å². The summed E-state index contributed by atoms with van der Waals surface area (Å²) in [6.45, 7) is 4.06. The number of ether oxygens (including phenoxy) is 1. The number of carbonyl (C=O) groups is 1. The second-order valence-electron chi connectivity index (χ2n) is 5.45. The zero-order valence-corrected chi connectivity index (χ0v) is 12.2. The largest absolute Gasteiger partial charge is 0.468 e. The maximum Gasteiger partial charge on any atom is 0.326 e. The molecule has 2 rings (SSSR count). The van der Waals surface area contributed by atoms with Crippen molar-refractivity contribution in [1.29, 1.82) is 0 Å². The molecule has 1 aromatic rings. The molecule has 1 aliphatic carbocycles. The minimum absolute atomic E-state index is 0.166. The first kappa shape index (κ1) is 14.1. The number of hydrogen-bond donors (Lipinski definition) is 1. The Hall–Kier alpha value is -1.36. The number of esters is 1. The molecule has 0 aromatic carbocycles. The van der Waals surface area contributed by atoms with Gasteiger partial charge in [0.1, 0.15) is 5.54 Å². The Bertz CT molecular complexity index is 469. The van der Waals surface area contributed by atoms with E-state index >= 15 is 0 Å². The summed E-state index contributed by atoms with van der Waals surface area (Å²) >= 11 is 0. The van der Waals surface area contributed by atoms with E-state index in [2.05, 4.69) is 28.1 Å². The van der Waals surface area contributed by atoms with Crippen LogP contribution in [0.25, 0.3) is 0 Å². The molecule has 5 heteroatoms. The van der Waals surface area contributed by atoms with Crippen molar-refractivity contribution in [1.82, 2.24) is 15.1 Å². The van der Waals surface area contributed by atoms with Crippen LogP contribution in [-0.2, 0) is 9.53 Å². The molecule has 1 fully saturated rings. The van der Waals surface area contributed by atoms with Gasteiger partial charge in [0.05, 0.1) is 18.8 Å². The van der Waals surface area contributed by atoms with Crippen LogP contribution in [0, 0.1) is 13.8 Å². The maximum atomic E-state index is 12.1. The van der Waals surface area contributed by atoms with Gasteiger partial charge in [0.2, 0.25) is 0 Å². The summed E-state index contributed by atoms with van der Waals surface area (Å²) in [5.41, 5.74) is 1.61. The normalized spacial score (nSPS) is 27.3. The molecular weight excluding hydrogens is 242 g/mol. The first-order valence-electron chi connectivity index (χ1n) is 6.82. The number of likely N-dealkylation sites (N-methyl/N-ethyl adjacent to an activating group) is 1. The van der Waals surface area contributed by atoms with Crippen molar-refractivity contribution >= 4 is 5.97 Å². The molecule has 1 aliphatic rings. The lowest BCUT2D eigenvalue weighted by Gasteiger charge is -2.38. The van der Waals surface area contributed by atoms with Gasteiger partial charge in [-0.3, -0.25) is 9.48 Å². The fourth-order valence-electron chi connectivity index (χ4n) is 3.18. The number of nitrogens with one attached hydrogen (secondary N) is 1. The van der Waals surface area contributed by atoms with Gasteiger partial charge in [-0.25, -0.2) is 0 Å². The fraction of sp³-hybridized carbons (Fsp3) is 0.714. The van der Waals surface area contributed by atoms with Crippen molar-refractivity contribution in [3.8, 4) is 0 Å². The Morgan fingerprint density at radius 3 is 2.84 bits per heavy atom. The number of methoxy groups -OCH3 is 1. The van der Waals surface area contributed by atoms with Crippen molar-refractivity contribution in [3.05, 3.63) is 17.5 Å². The van der Waals surface area contributed by atoms with Gasteiger partial charge in [0.25, 0.3) is 0 Å². The highest BCUT2D eigenvalue weighted by Crippen LogP contribution is 2.36. The molecule has 1 N–H and O–H groups in total. The third-order valence-corrected chi connectivity index (χ3v) is 4.17. The van der Waals surface area contributed by atoms with E-state index in [1.54, 1.807) is 0 Å². The smallest absolute Gasteiger partial charge is 0.326 e. The molecule has 2 unspecified atom stereocenters. The molecule has 0 saturated heterocycles. The first-order valence-corrected chi connectivity index (χ1v) is 6.82. The van der Waals surface area contributed by atoms with Gasteiger partial charge in [0, 0.05) is 5.69 Å². The number of aryl methyl sites for hydroxylation is 2. The van der Waals surface area contributed by atoms with Crippen LogP contribution in [-0.4, -0.2) is 35.4 Å². The van der Waals surface area contributed by atoms with Gasteiger partial charge in [-0.15, -0.1) is 0 Å². The van der Waals surface area contributed by atoms with Crippen LogP contribution in [0.15, 0.2) is 6.07 Å². The van der Waals surface area contributed by atoms with Crippen molar-refractivity contribution in [2.45, 2.75) is 51.1 Å². The Morgan fingerprint density at radius 1 is 1.58 bits per heavy atom. The van der Waals surface area contributed by atoms with Crippen LogP contribution in [0.2, 0.25) is 0 Å². The molecule has 0 radical (unpaired) electrons. The summed E-state index contributed by atoms with van der Waals surface area (Å²) < 4.78 is 7.03. The average molecular weight is 265 g/mol. The van der Waals surface area contributed by atoms with Crippen LogP contribution in [0.3, 0.4) is 0 Å². The Kier molecular flexibility index (Phi) is 3.94. The Labute approximate surface area is 114 Å². The quantitative estimate of drug-likeness (QED) is 0.846. The second-order valence-corrected chi connectivity index (χ2v) is 5.45. The summed E-state index contributed by atoms with van der Waals surface area (Å²) in [4.78, 5) is 12.1. The molecule has 1 saturated carbocycles. The van der Waals surface area contributed by atoms with Crippen molar-refractivity contribution in [2.75, 3.05) is 14.2 Å². The van der Waals surface area contributed by atoms with Crippen molar-refractivity contribution in [2.24, 2.45) is 0 Å². The highest BCUT2D eigenvalue weighted by Gasteiger charge is 2.43. The number of rotatable bonds is 3. The number of hydrogen-bond acceptors (Lipinski definition) is 4. The second kappa shape index (κ2) is 5.33. The molecule has 5 nitrogen and oxygen atoms in total. The number of aromatic nitrogens is 2. The molecule has 106 valence electrons. The van der Waals surface area contributed by atoms with Gasteiger partial charge in [-0.05, 0) is 52.6 Å². The van der Waals surface area contributed by atoms with E-state index in [1.165, 1.54) is 7.11 Å². The van der Waals surface area contributed by atoms with Gasteiger partial charge in [0.15, 0.2) is 0 Å². The molecule has 0 spiro atoms. The van der Waals surface area contributed by atoms with Gasteiger partial charge in [-0.2, -0.15) is 5.10 Å². The van der Waals surface area contributed by atoms with Crippen molar-refractivity contribution < 1.29 is 9.53 Å². The van der Waals surface area contributed by atoms with Crippen LogP contribution < -0.4 is 5.32 Å². The lowest BCUT2D eigenvalue weighted by molar-refractivity contribution is -0.150. The molecule has 1 heterocycles. The summed E-state index contributed by atoms with van der Waals surface area (Å²) in [5, 5.41) is 7.73. The van der Waals surface area contributed by atoms with E-state index in [1.807, 2.05) is 14.0 Å². The SMILES string of the molecule is CNC1(C(=O)OC)CCCC(n2nc(C)cc2C)C1. The number of nitrogens with zero attached hydrogens (tertiary/aromatic N) is 2. The van der Waals surface area contributed by atoms with Crippen LogP contribution >= 0.6 is 0 Å². The monoisotopic (exact) mass is 265 g/mol. The van der Waals surface area contributed by atoms with Crippen LogP contribution in [0.1, 0.15) is 43.1 Å².